The van der Waals surface area contributed by atoms with E-state index in [4.69, 9.17) is 4.74 Å². The van der Waals surface area contributed by atoms with Crippen LogP contribution in [-0.2, 0) is 0 Å². The van der Waals surface area contributed by atoms with E-state index in [1.807, 2.05) is 61.5 Å². The van der Waals surface area contributed by atoms with E-state index in [1.54, 1.807) is 0 Å². The topological polar surface area (TPSA) is 41.5 Å². The van der Waals surface area contributed by atoms with Crippen LogP contribution in [0.2, 0.25) is 0 Å². The van der Waals surface area contributed by atoms with E-state index >= 15 is 0 Å². The van der Waals surface area contributed by atoms with Gasteiger partial charge in [0.2, 0.25) is 0 Å². The molecule has 0 heterocycles. The molecule has 118 valence electrons. The number of aliphatic hydroxyl groups excluding tert-OH is 1. The van der Waals surface area contributed by atoms with Gasteiger partial charge in [-0.25, -0.2) is 0 Å². The Morgan fingerprint density at radius 1 is 1.00 bits per heavy atom. The molecule has 2 rings (SSSR count). The van der Waals surface area contributed by atoms with Gasteiger partial charge in [0, 0.05) is 12.6 Å². The highest BCUT2D eigenvalue weighted by molar-refractivity contribution is 5.28. The lowest BCUT2D eigenvalue weighted by atomic mass is 10.0. The normalized spacial score (nSPS) is 13.9. The van der Waals surface area contributed by atoms with E-state index in [2.05, 4.69) is 19.2 Å². The van der Waals surface area contributed by atoms with E-state index in [1.165, 1.54) is 5.56 Å². The van der Waals surface area contributed by atoms with Gasteiger partial charge in [0.05, 0.1) is 0 Å². The van der Waals surface area contributed by atoms with Crippen LogP contribution in [0.3, 0.4) is 0 Å². The summed E-state index contributed by atoms with van der Waals surface area (Å²) in [5.74, 6) is 0.767. The van der Waals surface area contributed by atoms with Crippen molar-refractivity contribution < 1.29 is 9.84 Å². The Hall–Kier alpha value is -1.84. The Kier molecular flexibility index (Phi) is 5.99. The molecule has 0 saturated carbocycles. The fraction of sp³-hybridized carbons (Fsp3) is 0.368. The zero-order valence-electron chi connectivity index (χ0n) is 13.5. The number of aliphatic hydroxyl groups is 1. The number of ether oxygens (including phenoxy) is 1. The third-order valence-electron chi connectivity index (χ3n) is 3.50. The summed E-state index contributed by atoms with van der Waals surface area (Å²) in [5.41, 5.74) is 2.16. The zero-order valence-corrected chi connectivity index (χ0v) is 13.5. The van der Waals surface area contributed by atoms with Gasteiger partial charge in [0.25, 0.3) is 0 Å². The molecule has 0 aliphatic heterocycles. The van der Waals surface area contributed by atoms with Crippen molar-refractivity contribution in [2.45, 2.75) is 39.0 Å². The molecule has 0 amide bonds. The minimum Gasteiger partial charge on any atom is -0.483 e. The van der Waals surface area contributed by atoms with Crippen molar-refractivity contribution in [2.75, 3.05) is 6.54 Å². The van der Waals surface area contributed by atoms with Gasteiger partial charge in [-0.3, -0.25) is 0 Å². The van der Waals surface area contributed by atoms with Crippen LogP contribution in [0.4, 0.5) is 0 Å². The number of aryl methyl sites for hydroxylation is 1. The highest BCUT2D eigenvalue weighted by atomic mass is 16.5. The van der Waals surface area contributed by atoms with Crippen molar-refractivity contribution in [2.24, 2.45) is 0 Å². The first-order valence-electron chi connectivity index (χ1n) is 7.76. The maximum Gasteiger partial charge on any atom is 0.151 e. The van der Waals surface area contributed by atoms with Crippen LogP contribution >= 0.6 is 0 Å². The minimum atomic E-state index is -0.619. The molecule has 0 aromatic heterocycles. The summed E-state index contributed by atoms with van der Waals surface area (Å²) >= 11 is 0. The summed E-state index contributed by atoms with van der Waals surface area (Å²) in [6, 6.07) is 18.1. The average Bonchev–Trinajstić information content (AvgIpc) is 2.53. The van der Waals surface area contributed by atoms with Crippen LogP contribution in [0.25, 0.3) is 0 Å². The maximum atomic E-state index is 10.5. The standard InChI is InChI=1S/C19H25NO2/c1-14(2)20-13-18(21)19(16-7-5-4-6-8-16)22-17-11-9-15(3)10-12-17/h4-12,14,18-21H,13H2,1-3H3. The lowest BCUT2D eigenvalue weighted by molar-refractivity contribution is 0.0346. The summed E-state index contributed by atoms with van der Waals surface area (Å²) in [6.07, 6.45) is -1.01. The van der Waals surface area contributed by atoms with Gasteiger partial charge in [0.1, 0.15) is 11.9 Å². The smallest absolute Gasteiger partial charge is 0.151 e. The molecule has 2 aromatic rings. The lowest BCUT2D eigenvalue weighted by Crippen LogP contribution is -2.37. The number of nitrogens with one attached hydrogen (secondary N) is 1. The molecule has 0 aliphatic carbocycles. The van der Waals surface area contributed by atoms with Gasteiger partial charge in [-0.2, -0.15) is 0 Å². The maximum absolute atomic E-state index is 10.5. The summed E-state index contributed by atoms with van der Waals surface area (Å²) < 4.78 is 6.06. The number of hydrogen-bond acceptors (Lipinski definition) is 3. The van der Waals surface area contributed by atoms with Crippen LogP contribution in [0.1, 0.15) is 31.1 Å². The Morgan fingerprint density at radius 3 is 2.23 bits per heavy atom. The third-order valence-corrected chi connectivity index (χ3v) is 3.50. The molecule has 2 atom stereocenters. The first-order chi connectivity index (χ1) is 10.6. The van der Waals surface area contributed by atoms with Crippen molar-refractivity contribution in [1.29, 1.82) is 0 Å². The first-order valence-corrected chi connectivity index (χ1v) is 7.76. The fourth-order valence-corrected chi connectivity index (χ4v) is 2.24. The van der Waals surface area contributed by atoms with Gasteiger partial charge in [-0.05, 0) is 24.6 Å². The Bertz CT molecular complexity index is 551. The predicted octanol–water partition coefficient (Wildman–Crippen LogP) is 3.47. The molecule has 0 bridgehead atoms. The van der Waals surface area contributed by atoms with Crippen molar-refractivity contribution >= 4 is 0 Å². The molecule has 3 heteroatoms. The molecule has 22 heavy (non-hydrogen) atoms. The second kappa shape index (κ2) is 7.97. The molecular weight excluding hydrogens is 274 g/mol. The van der Waals surface area contributed by atoms with E-state index in [-0.39, 0.29) is 0 Å². The van der Waals surface area contributed by atoms with Crippen LogP contribution < -0.4 is 10.1 Å². The molecule has 2 unspecified atom stereocenters. The minimum absolute atomic E-state index is 0.324. The Balaban J connectivity index is 2.16. The highest BCUT2D eigenvalue weighted by Gasteiger charge is 2.23. The summed E-state index contributed by atoms with van der Waals surface area (Å²) in [4.78, 5) is 0. The van der Waals surface area contributed by atoms with Crippen LogP contribution in [0, 0.1) is 6.92 Å². The van der Waals surface area contributed by atoms with E-state index < -0.39 is 12.2 Å². The van der Waals surface area contributed by atoms with E-state index in [9.17, 15) is 5.11 Å². The second-order valence-electron chi connectivity index (χ2n) is 5.89. The molecule has 0 saturated heterocycles. The summed E-state index contributed by atoms with van der Waals surface area (Å²) in [6.45, 7) is 6.65. The van der Waals surface area contributed by atoms with Crippen molar-refractivity contribution in [3.05, 3.63) is 65.7 Å². The zero-order chi connectivity index (χ0) is 15.9. The monoisotopic (exact) mass is 299 g/mol. The van der Waals surface area contributed by atoms with Crippen molar-refractivity contribution in [3.8, 4) is 5.75 Å². The van der Waals surface area contributed by atoms with Crippen LogP contribution in [0.15, 0.2) is 54.6 Å². The SMILES string of the molecule is Cc1ccc(OC(c2ccccc2)C(O)CNC(C)C)cc1. The lowest BCUT2D eigenvalue weighted by Gasteiger charge is -2.25. The summed E-state index contributed by atoms with van der Waals surface area (Å²) in [5, 5.41) is 13.8. The molecule has 3 nitrogen and oxygen atoms in total. The third kappa shape index (κ3) is 4.86. The average molecular weight is 299 g/mol. The Morgan fingerprint density at radius 2 is 1.64 bits per heavy atom. The molecule has 2 aromatic carbocycles. The predicted molar refractivity (Wildman–Crippen MR) is 90.1 cm³/mol. The number of benzene rings is 2. The van der Waals surface area contributed by atoms with Crippen LogP contribution in [0.5, 0.6) is 5.75 Å². The molecule has 0 fully saturated rings. The fourth-order valence-electron chi connectivity index (χ4n) is 2.24. The molecule has 0 spiro atoms. The second-order valence-corrected chi connectivity index (χ2v) is 5.89. The number of rotatable bonds is 7. The summed E-state index contributed by atoms with van der Waals surface area (Å²) in [7, 11) is 0. The van der Waals surface area contributed by atoms with Gasteiger partial charge < -0.3 is 15.2 Å². The van der Waals surface area contributed by atoms with Crippen LogP contribution in [-0.4, -0.2) is 23.8 Å². The molecule has 0 radical (unpaired) electrons. The first kappa shape index (κ1) is 16.5. The van der Waals surface area contributed by atoms with Gasteiger partial charge in [-0.15, -0.1) is 0 Å². The van der Waals surface area contributed by atoms with Gasteiger partial charge >= 0.3 is 0 Å². The van der Waals surface area contributed by atoms with E-state index in [0.717, 1.165) is 11.3 Å². The molecule has 0 aliphatic rings. The Labute approximate surface area is 133 Å². The number of hydrogen-bond donors (Lipinski definition) is 2. The van der Waals surface area contributed by atoms with Gasteiger partial charge in [0.15, 0.2) is 6.10 Å². The molecule has 2 N–H and O–H groups in total. The van der Waals surface area contributed by atoms with Crippen molar-refractivity contribution in [1.82, 2.24) is 5.32 Å². The molecular formula is C19H25NO2. The van der Waals surface area contributed by atoms with Gasteiger partial charge in [-0.1, -0.05) is 61.9 Å². The van der Waals surface area contributed by atoms with Crippen molar-refractivity contribution in [3.63, 3.8) is 0 Å². The largest absolute Gasteiger partial charge is 0.483 e. The highest BCUT2D eigenvalue weighted by Crippen LogP contribution is 2.25. The van der Waals surface area contributed by atoms with E-state index in [0.29, 0.717) is 12.6 Å². The quantitative estimate of drug-likeness (QED) is 0.822.